The molecule has 0 amide bonds. The molecule has 2 N–H and O–H groups in total. The van der Waals surface area contributed by atoms with E-state index in [4.69, 9.17) is 5.73 Å². The van der Waals surface area contributed by atoms with Crippen molar-refractivity contribution >= 4 is 0 Å². The van der Waals surface area contributed by atoms with Crippen molar-refractivity contribution in [1.29, 1.82) is 0 Å². The summed E-state index contributed by atoms with van der Waals surface area (Å²) >= 11 is 0. The number of piperidine rings is 1. The summed E-state index contributed by atoms with van der Waals surface area (Å²) in [5.74, 6) is 0. The lowest BCUT2D eigenvalue weighted by molar-refractivity contribution is 0.132. The SMILES string of the molecule is CCC(N)CCCN(C)C1CCCN(C)C1. The van der Waals surface area contributed by atoms with Crippen molar-refractivity contribution < 1.29 is 0 Å². The fourth-order valence-corrected chi connectivity index (χ4v) is 2.49. The molecule has 96 valence electrons. The third-order valence-electron chi connectivity index (χ3n) is 3.83. The molecule has 2 atom stereocenters. The highest BCUT2D eigenvalue weighted by Gasteiger charge is 2.20. The Morgan fingerprint density at radius 1 is 1.50 bits per heavy atom. The summed E-state index contributed by atoms with van der Waals surface area (Å²) in [6, 6.07) is 1.17. The number of nitrogens with two attached hydrogens (primary N) is 1. The highest BCUT2D eigenvalue weighted by molar-refractivity contribution is 4.77. The van der Waals surface area contributed by atoms with Crippen LogP contribution in [0.25, 0.3) is 0 Å². The van der Waals surface area contributed by atoms with Crippen LogP contribution in [0.2, 0.25) is 0 Å². The van der Waals surface area contributed by atoms with E-state index < -0.39 is 0 Å². The summed E-state index contributed by atoms with van der Waals surface area (Å²) in [7, 11) is 4.49. The molecule has 1 rings (SSSR count). The van der Waals surface area contributed by atoms with Gasteiger partial charge >= 0.3 is 0 Å². The Morgan fingerprint density at radius 2 is 2.25 bits per heavy atom. The van der Waals surface area contributed by atoms with E-state index in [-0.39, 0.29) is 0 Å². The maximum absolute atomic E-state index is 5.93. The average molecular weight is 227 g/mol. The second-order valence-corrected chi connectivity index (χ2v) is 5.35. The predicted octanol–water partition coefficient (Wildman–Crippen LogP) is 1.53. The van der Waals surface area contributed by atoms with Gasteiger partial charge in [0.1, 0.15) is 0 Å². The van der Waals surface area contributed by atoms with Crippen molar-refractivity contribution in [3.05, 3.63) is 0 Å². The van der Waals surface area contributed by atoms with E-state index in [0.717, 1.165) is 12.5 Å². The lowest BCUT2D eigenvalue weighted by atomic mass is 10.0. The number of hydrogen-bond acceptors (Lipinski definition) is 3. The normalized spacial score (nSPS) is 24.9. The lowest BCUT2D eigenvalue weighted by Crippen LogP contribution is -2.45. The second-order valence-electron chi connectivity index (χ2n) is 5.35. The minimum absolute atomic E-state index is 0.405. The Kier molecular flexibility index (Phi) is 6.32. The van der Waals surface area contributed by atoms with Gasteiger partial charge in [-0.1, -0.05) is 6.92 Å². The summed E-state index contributed by atoms with van der Waals surface area (Å²) in [6.45, 7) is 5.87. The molecule has 3 heteroatoms. The molecule has 16 heavy (non-hydrogen) atoms. The summed E-state index contributed by atoms with van der Waals surface area (Å²) in [4.78, 5) is 4.97. The van der Waals surface area contributed by atoms with E-state index in [0.29, 0.717) is 6.04 Å². The quantitative estimate of drug-likeness (QED) is 0.747. The first-order valence-electron chi connectivity index (χ1n) is 6.77. The first-order valence-corrected chi connectivity index (χ1v) is 6.77. The zero-order valence-corrected chi connectivity index (χ0v) is 11.3. The first kappa shape index (κ1) is 13.9. The van der Waals surface area contributed by atoms with E-state index >= 15 is 0 Å². The second kappa shape index (κ2) is 7.25. The number of rotatable bonds is 6. The van der Waals surface area contributed by atoms with E-state index in [2.05, 4.69) is 30.8 Å². The summed E-state index contributed by atoms with van der Waals surface area (Å²) in [5, 5.41) is 0. The third kappa shape index (κ3) is 4.81. The van der Waals surface area contributed by atoms with E-state index in [9.17, 15) is 0 Å². The molecular weight excluding hydrogens is 198 g/mol. The number of likely N-dealkylation sites (tertiary alicyclic amines) is 1. The van der Waals surface area contributed by atoms with Gasteiger partial charge in [-0.25, -0.2) is 0 Å². The van der Waals surface area contributed by atoms with Crippen LogP contribution in [0.15, 0.2) is 0 Å². The molecule has 1 heterocycles. The van der Waals surface area contributed by atoms with Crippen LogP contribution in [0, 0.1) is 0 Å². The van der Waals surface area contributed by atoms with Crippen molar-refractivity contribution in [2.45, 2.75) is 51.1 Å². The Bertz CT molecular complexity index is 184. The number of likely N-dealkylation sites (N-methyl/N-ethyl adjacent to an activating group) is 2. The Balaban J connectivity index is 2.16. The highest BCUT2D eigenvalue weighted by atomic mass is 15.2. The van der Waals surface area contributed by atoms with Gasteiger partial charge in [-0.3, -0.25) is 0 Å². The van der Waals surface area contributed by atoms with Crippen LogP contribution >= 0.6 is 0 Å². The number of nitrogens with zero attached hydrogens (tertiary/aromatic N) is 2. The van der Waals surface area contributed by atoms with Crippen molar-refractivity contribution in [2.75, 3.05) is 33.7 Å². The zero-order valence-electron chi connectivity index (χ0n) is 11.3. The molecule has 3 nitrogen and oxygen atoms in total. The van der Waals surface area contributed by atoms with Gasteiger partial charge in [-0.05, 0) is 59.3 Å². The fraction of sp³-hybridized carbons (Fsp3) is 1.00. The van der Waals surface area contributed by atoms with Crippen molar-refractivity contribution in [1.82, 2.24) is 9.80 Å². The summed E-state index contributed by atoms with van der Waals surface area (Å²) < 4.78 is 0. The van der Waals surface area contributed by atoms with Crippen LogP contribution in [0.1, 0.15) is 39.0 Å². The zero-order chi connectivity index (χ0) is 12.0. The number of hydrogen-bond donors (Lipinski definition) is 1. The van der Waals surface area contributed by atoms with E-state index in [1.54, 1.807) is 0 Å². The lowest BCUT2D eigenvalue weighted by Gasteiger charge is -2.36. The smallest absolute Gasteiger partial charge is 0.0220 e. The van der Waals surface area contributed by atoms with Gasteiger partial charge in [0.25, 0.3) is 0 Å². The maximum atomic E-state index is 5.93. The molecule has 0 aromatic carbocycles. The van der Waals surface area contributed by atoms with Crippen LogP contribution in [0.4, 0.5) is 0 Å². The fourth-order valence-electron chi connectivity index (χ4n) is 2.49. The molecule has 0 bridgehead atoms. The molecule has 1 saturated heterocycles. The molecule has 1 aliphatic heterocycles. The van der Waals surface area contributed by atoms with Crippen molar-refractivity contribution in [3.63, 3.8) is 0 Å². The minimum atomic E-state index is 0.405. The monoisotopic (exact) mass is 227 g/mol. The molecule has 1 aliphatic rings. The Labute approximate surface area is 101 Å². The van der Waals surface area contributed by atoms with Gasteiger partial charge in [0, 0.05) is 18.6 Å². The van der Waals surface area contributed by atoms with Gasteiger partial charge in [-0.15, -0.1) is 0 Å². The Hall–Kier alpha value is -0.120. The minimum Gasteiger partial charge on any atom is -0.328 e. The molecule has 0 spiro atoms. The van der Waals surface area contributed by atoms with Gasteiger partial charge in [0.2, 0.25) is 0 Å². The van der Waals surface area contributed by atoms with Crippen LogP contribution < -0.4 is 5.73 Å². The van der Waals surface area contributed by atoms with Crippen molar-refractivity contribution in [3.8, 4) is 0 Å². The van der Waals surface area contributed by atoms with E-state index in [1.807, 2.05) is 0 Å². The molecule has 0 aliphatic carbocycles. The third-order valence-corrected chi connectivity index (χ3v) is 3.83. The van der Waals surface area contributed by atoms with Gasteiger partial charge in [0.05, 0.1) is 0 Å². The van der Waals surface area contributed by atoms with Gasteiger partial charge < -0.3 is 15.5 Å². The summed E-state index contributed by atoms with van der Waals surface area (Å²) in [5.41, 5.74) is 5.93. The standard InChI is InChI=1S/C13H29N3/c1-4-12(14)7-5-10-16(3)13-8-6-9-15(2)11-13/h12-13H,4-11,14H2,1-3H3. The average Bonchev–Trinajstić information content (AvgIpc) is 2.28. The van der Waals surface area contributed by atoms with Gasteiger partial charge in [0.15, 0.2) is 0 Å². The van der Waals surface area contributed by atoms with E-state index in [1.165, 1.54) is 45.3 Å². The largest absolute Gasteiger partial charge is 0.328 e. The maximum Gasteiger partial charge on any atom is 0.0220 e. The molecule has 0 radical (unpaired) electrons. The Morgan fingerprint density at radius 3 is 2.88 bits per heavy atom. The molecule has 0 saturated carbocycles. The topological polar surface area (TPSA) is 32.5 Å². The van der Waals surface area contributed by atoms with Crippen LogP contribution in [0.3, 0.4) is 0 Å². The molecular formula is C13H29N3. The predicted molar refractivity (Wildman–Crippen MR) is 70.6 cm³/mol. The highest BCUT2D eigenvalue weighted by Crippen LogP contribution is 2.14. The van der Waals surface area contributed by atoms with Crippen LogP contribution in [-0.4, -0.2) is 55.6 Å². The molecule has 1 fully saturated rings. The first-order chi connectivity index (χ1) is 7.63. The summed E-state index contributed by atoms with van der Waals surface area (Å²) in [6.07, 6.45) is 6.23. The van der Waals surface area contributed by atoms with Crippen LogP contribution in [0.5, 0.6) is 0 Å². The van der Waals surface area contributed by atoms with Gasteiger partial charge in [-0.2, -0.15) is 0 Å². The molecule has 0 aromatic heterocycles. The van der Waals surface area contributed by atoms with Crippen molar-refractivity contribution in [2.24, 2.45) is 5.73 Å². The molecule has 0 aromatic rings. The van der Waals surface area contributed by atoms with Crippen LogP contribution in [-0.2, 0) is 0 Å². The molecule has 2 unspecified atom stereocenters.